The summed E-state index contributed by atoms with van der Waals surface area (Å²) in [5.41, 5.74) is 1.65. The van der Waals surface area contributed by atoms with Gasteiger partial charge < -0.3 is 20.8 Å². The van der Waals surface area contributed by atoms with Crippen LogP contribution in [0.2, 0.25) is 0 Å². The van der Waals surface area contributed by atoms with Crippen LogP contribution in [-0.2, 0) is 14.4 Å². The van der Waals surface area contributed by atoms with Crippen molar-refractivity contribution in [2.45, 2.75) is 157 Å². The van der Waals surface area contributed by atoms with Gasteiger partial charge in [-0.15, -0.1) is 0 Å². The molecule has 0 aromatic rings. The summed E-state index contributed by atoms with van der Waals surface area (Å²) in [6, 6.07) is 0. The first-order valence-corrected chi connectivity index (χ1v) is 19.6. The number of hydrogen-bond acceptors (Lipinski definition) is 4. The summed E-state index contributed by atoms with van der Waals surface area (Å²) < 4.78 is 0. The number of aliphatic carboxylic acids is 1. The lowest BCUT2D eigenvalue weighted by Crippen LogP contribution is -2.67. The fraction of sp³-hybridized carbons (Fsp3) is 0.878. The summed E-state index contributed by atoms with van der Waals surface area (Å²) in [5, 5.41) is 26.0. The minimum absolute atomic E-state index is 0.0361. The maximum absolute atomic E-state index is 14.3. The Morgan fingerprint density at radius 1 is 0.729 bits per heavy atom. The highest BCUT2D eigenvalue weighted by Crippen LogP contribution is 2.77. The normalized spacial score (nSPS) is 41.2. The largest absolute Gasteiger partial charge is 0.481 e. The fourth-order valence-electron chi connectivity index (χ4n) is 13.2. The van der Waals surface area contributed by atoms with Gasteiger partial charge in [0.2, 0.25) is 11.8 Å². The molecule has 5 aliphatic carbocycles. The molecule has 272 valence electrons. The van der Waals surface area contributed by atoms with Gasteiger partial charge in [-0.2, -0.15) is 0 Å². The monoisotopic (exact) mass is 669 g/mol. The molecular formula is C41H68N2O5. The van der Waals surface area contributed by atoms with E-state index in [0.29, 0.717) is 42.0 Å². The average Bonchev–Trinajstić information content (AvgIpc) is 3.43. The molecule has 48 heavy (non-hydrogen) atoms. The van der Waals surface area contributed by atoms with E-state index < -0.39 is 5.97 Å². The van der Waals surface area contributed by atoms with E-state index in [-0.39, 0.29) is 51.9 Å². The van der Waals surface area contributed by atoms with Gasteiger partial charge in [-0.1, -0.05) is 66.0 Å². The van der Waals surface area contributed by atoms with Gasteiger partial charge in [0.1, 0.15) is 0 Å². The second kappa shape index (κ2) is 14.0. The van der Waals surface area contributed by atoms with Crippen LogP contribution in [0, 0.1) is 56.7 Å². The molecule has 0 aliphatic heterocycles. The van der Waals surface area contributed by atoms with Crippen LogP contribution in [0.1, 0.15) is 151 Å². The minimum Gasteiger partial charge on any atom is -0.481 e. The number of carboxylic acid groups (broad SMARTS) is 1. The number of carbonyl (C=O) groups is 3. The second-order valence-corrected chi connectivity index (χ2v) is 18.5. The van der Waals surface area contributed by atoms with Crippen LogP contribution in [-0.4, -0.2) is 47.2 Å². The molecule has 0 aromatic carbocycles. The van der Waals surface area contributed by atoms with Gasteiger partial charge >= 0.3 is 5.97 Å². The standard InChI is InChI=1S/C41H68N2O5/c1-27(2)28-17-22-41(36(48)43-26-12-10-8-9-11-25-42-33(45)15-16-34(46)47)24-23-39(6)29(35(28)41)13-14-31-38(5)20-19-32(44)37(3,4)30(38)18-21-40(31,39)7/h28-32,35,44H,1,8-26H2,2-7H3,(H,42,45)(H,43,48)(H,46,47)/t28-,29+,30-,31?,32-,35+,38-,39+,40+,41-/m0/s1. The Kier molecular flexibility index (Phi) is 10.9. The summed E-state index contributed by atoms with van der Waals surface area (Å²) in [5.74, 6) is 1.70. The van der Waals surface area contributed by atoms with E-state index in [9.17, 15) is 19.5 Å². The van der Waals surface area contributed by atoms with Crippen LogP contribution >= 0.6 is 0 Å². The van der Waals surface area contributed by atoms with Gasteiger partial charge in [-0.05, 0) is 135 Å². The van der Waals surface area contributed by atoms with E-state index >= 15 is 0 Å². The molecule has 7 heteroatoms. The predicted molar refractivity (Wildman–Crippen MR) is 191 cm³/mol. The van der Waals surface area contributed by atoms with E-state index in [1.807, 2.05) is 0 Å². The molecule has 5 aliphatic rings. The van der Waals surface area contributed by atoms with Crippen molar-refractivity contribution >= 4 is 17.8 Å². The van der Waals surface area contributed by atoms with Crippen LogP contribution < -0.4 is 10.6 Å². The Morgan fingerprint density at radius 2 is 1.40 bits per heavy atom. The molecule has 5 fully saturated rings. The summed E-state index contributed by atoms with van der Waals surface area (Å²) in [6.45, 7) is 20.6. The van der Waals surface area contributed by atoms with Gasteiger partial charge in [0, 0.05) is 19.5 Å². The number of carbonyl (C=O) groups excluding carboxylic acids is 2. The Bertz CT molecular complexity index is 1230. The molecule has 2 amide bonds. The number of aliphatic hydroxyl groups is 1. The first kappa shape index (κ1) is 37.4. The Labute approximate surface area is 291 Å². The molecular weight excluding hydrogens is 600 g/mol. The van der Waals surface area contributed by atoms with Crippen LogP contribution in [0.5, 0.6) is 0 Å². The molecule has 0 spiro atoms. The zero-order valence-electron chi connectivity index (χ0n) is 31.2. The first-order chi connectivity index (χ1) is 22.5. The molecule has 0 saturated heterocycles. The van der Waals surface area contributed by atoms with E-state index in [0.717, 1.165) is 77.2 Å². The van der Waals surface area contributed by atoms with E-state index in [2.05, 4.69) is 58.8 Å². The molecule has 5 saturated carbocycles. The molecule has 10 atom stereocenters. The average molecular weight is 669 g/mol. The summed E-state index contributed by atoms with van der Waals surface area (Å²) in [7, 11) is 0. The number of carboxylic acids is 1. The van der Waals surface area contributed by atoms with Crippen LogP contribution in [0.3, 0.4) is 0 Å². The van der Waals surface area contributed by atoms with Crippen LogP contribution in [0.15, 0.2) is 12.2 Å². The molecule has 0 radical (unpaired) electrons. The van der Waals surface area contributed by atoms with Crippen molar-refractivity contribution in [3.63, 3.8) is 0 Å². The van der Waals surface area contributed by atoms with Crippen molar-refractivity contribution in [3.8, 4) is 0 Å². The van der Waals surface area contributed by atoms with Crippen molar-refractivity contribution in [1.82, 2.24) is 10.6 Å². The maximum Gasteiger partial charge on any atom is 0.303 e. The first-order valence-electron chi connectivity index (χ1n) is 19.6. The quantitative estimate of drug-likeness (QED) is 0.117. The predicted octanol–water partition coefficient (Wildman–Crippen LogP) is 8.05. The third-order valence-electron chi connectivity index (χ3n) is 16.0. The van der Waals surface area contributed by atoms with Gasteiger partial charge in [0.25, 0.3) is 0 Å². The SMILES string of the molecule is C=C(C)[C@@H]1CC[C@]2(C(=O)NCCCCCCCNC(=O)CCC(=O)O)CC[C@]3(C)[C@H](CCC4[C@@]5(C)CC[C@H](O)C(C)(C)[C@@H]5CC[C@]43C)[C@@H]12. The smallest absolute Gasteiger partial charge is 0.303 e. The van der Waals surface area contributed by atoms with E-state index in [4.69, 9.17) is 5.11 Å². The van der Waals surface area contributed by atoms with Crippen molar-refractivity contribution in [3.05, 3.63) is 12.2 Å². The Hall–Kier alpha value is -1.89. The summed E-state index contributed by atoms with van der Waals surface area (Å²) >= 11 is 0. The zero-order valence-corrected chi connectivity index (χ0v) is 31.2. The number of aliphatic hydroxyl groups excluding tert-OH is 1. The van der Waals surface area contributed by atoms with E-state index in [1.54, 1.807) is 0 Å². The number of fused-ring (bicyclic) bond motifs is 7. The number of rotatable bonds is 13. The van der Waals surface area contributed by atoms with Crippen molar-refractivity contribution in [1.29, 1.82) is 0 Å². The number of amides is 2. The lowest BCUT2D eigenvalue weighted by atomic mass is 9.32. The Balaban J connectivity index is 1.20. The highest BCUT2D eigenvalue weighted by Gasteiger charge is 2.71. The molecule has 0 bridgehead atoms. The lowest BCUT2D eigenvalue weighted by Gasteiger charge is -2.72. The van der Waals surface area contributed by atoms with Gasteiger partial charge in [0.05, 0.1) is 17.9 Å². The van der Waals surface area contributed by atoms with Crippen molar-refractivity contribution < 1.29 is 24.6 Å². The van der Waals surface area contributed by atoms with Crippen LogP contribution in [0.25, 0.3) is 0 Å². The molecule has 1 unspecified atom stereocenters. The Morgan fingerprint density at radius 3 is 2.06 bits per heavy atom. The van der Waals surface area contributed by atoms with Crippen LogP contribution in [0.4, 0.5) is 0 Å². The van der Waals surface area contributed by atoms with Gasteiger partial charge in [0.15, 0.2) is 0 Å². The molecule has 0 heterocycles. The van der Waals surface area contributed by atoms with Crippen molar-refractivity contribution in [2.75, 3.05) is 13.1 Å². The number of allylic oxidation sites excluding steroid dienone is 1. The van der Waals surface area contributed by atoms with Gasteiger partial charge in [-0.3, -0.25) is 14.4 Å². The highest BCUT2D eigenvalue weighted by molar-refractivity contribution is 5.84. The highest BCUT2D eigenvalue weighted by atomic mass is 16.4. The summed E-state index contributed by atoms with van der Waals surface area (Å²) in [6.07, 6.45) is 15.8. The third kappa shape index (κ3) is 6.30. The third-order valence-corrected chi connectivity index (χ3v) is 16.0. The molecule has 0 aromatic heterocycles. The number of nitrogens with one attached hydrogen (secondary N) is 2. The molecule has 7 nitrogen and oxygen atoms in total. The fourth-order valence-corrected chi connectivity index (χ4v) is 13.2. The number of hydrogen-bond donors (Lipinski definition) is 4. The number of unbranched alkanes of at least 4 members (excludes halogenated alkanes) is 4. The summed E-state index contributed by atoms with van der Waals surface area (Å²) in [4.78, 5) is 36.7. The van der Waals surface area contributed by atoms with Gasteiger partial charge in [-0.25, -0.2) is 0 Å². The second-order valence-electron chi connectivity index (χ2n) is 18.5. The minimum atomic E-state index is -0.947. The molecule has 5 rings (SSSR count). The van der Waals surface area contributed by atoms with Crippen molar-refractivity contribution in [2.24, 2.45) is 56.7 Å². The molecule has 4 N–H and O–H groups in total. The maximum atomic E-state index is 14.3. The topological polar surface area (TPSA) is 116 Å². The van der Waals surface area contributed by atoms with E-state index in [1.165, 1.54) is 31.3 Å². The zero-order chi connectivity index (χ0) is 35.1. The lowest BCUT2D eigenvalue weighted by molar-refractivity contribution is -0.246.